The van der Waals surface area contributed by atoms with E-state index in [0.29, 0.717) is 27.4 Å². The van der Waals surface area contributed by atoms with E-state index in [9.17, 15) is 4.79 Å². The lowest BCUT2D eigenvalue weighted by Gasteiger charge is -2.21. The molecular formula is C24H23NO3S2. The number of nitrogens with one attached hydrogen (secondary N) is 1. The highest BCUT2D eigenvalue weighted by Gasteiger charge is 2.17. The number of ether oxygens (including phenoxy) is 2. The molecule has 0 bridgehead atoms. The van der Waals surface area contributed by atoms with Crippen molar-refractivity contribution < 1.29 is 14.3 Å². The average Bonchev–Trinajstić information content (AvgIpc) is 2.81. The van der Waals surface area contributed by atoms with E-state index in [-0.39, 0.29) is 5.91 Å². The summed E-state index contributed by atoms with van der Waals surface area (Å²) < 4.78 is 11.7. The Bertz CT molecular complexity index is 984. The second kappa shape index (κ2) is 9.96. The second-order valence-electron chi connectivity index (χ2n) is 6.78. The lowest BCUT2D eigenvalue weighted by Crippen LogP contribution is -2.12. The van der Waals surface area contributed by atoms with Gasteiger partial charge in [0.1, 0.15) is 5.75 Å². The molecule has 1 fully saturated rings. The minimum absolute atomic E-state index is 0.121. The topological polar surface area (TPSA) is 47.6 Å². The van der Waals surface area contributed by atoms with Crippen LogP contribution in [0.4, 0.5) is 5.69 Å². The van der Waals surface area contributed by atoms with Crippen molar-refractivity contribution in [2.45, 2.75) is 11.0 Å². The van der Waals surface area contributed by atoms with Crippen LogP contribution in [0.3, 0.4) is 0 Å². The predicted molar refractivity (Wildman–Crippen MR) is 126 cm³/mol. The molecule has 0 unspecified atom stereocenters. The molecule has 3 aromatic carbocycles. The minimum atomic E-state index is -0.121. The maximum Gasteiger partial charge on any atom is 0.255 e. The van der Waals surface area contributed by atoms with E-state index >= 15 is 0 Å². The summed E-state index contributed by atoms with van der Waals surface area (Å²) in [5, 5.41) is 2.94. The summed E-state index contributed by atoms with van der Waals surface area (Å²) in [6.45, 7) is 0. The van der Waals surface area contributed by atoms with Gasteiger partial charge in [0.05, 0.1) is 11.7 Å². The second-order valence-corrected chi connectivity index (χ2v) is 9.50. The molecule has 154 valence electrons. The average molecular weight is 438 g/mol. The number of benzene rings is 3. The highest BCUT2D eigenvalue weighted by Crippen LogP contribution is 2.43. The Labute approximate surface area is 185 Å². The molecule has 6 heteroatoms. The standard InChI is InChI=1S/C24H23NO3S2/c1-27-21-5-2-3-6-22(21)28-20-13-11-19(12-14-20)25-23(26)17-7-9-18(10-8-17)24-29-15-4-16-30-24/h2-3,5-14,24H,4,15-16H2,1H3,(H,25,26). The van der Waals surface area contributed by atoms with Crippen LogP contribution >= 0.6 is 23.5 Å². The molecular weight excluding hydrogens is 414 g/mol. The van der Waals surface area contributed by atoms with Gasteiger partial charge >= 0.3 is 0 Å². The van der Waals surface area contributed by atoms with Crippen LogP contribution in [-0.4, -0.2) is 24.5 Å². The fourth-order valence-electron chi connectivity index (χ4n) is 3.11. The SMILES string of the molecule is COc1ccccc1Oc1ccc(NC(=O)c2ccc(C3SCCCS3)cc2)cc1. The first-order valence-electron chi connectivity index (χ1n) is 9.78. The molecule has 1 heterocycles. The number of rotatable bonds is 6. The quantitative estimate of drug-likeness (QED) is 0.470. The first kappa shape index (κ1) is 20.7. The minimum Gasteiger partial charge on any atom is -0.493 e. The first-order valence-corrected chi connectivity index (χ1v) is 11.9. The number of hydrogen-bond acceptors (Lipinski definition) is 5. The van der Waals surface area contributed by atoms with Gasteiger partial charge in [0.2, 0.25) is 0 Å². The van der Waals surface area contributed by atoms with Crippen molar-refractivity contribution >= 4 is 35.1 Å². The number of carbonyl (C=O) groups excluding carboxylic acids is 1. The van der Waals surface area contributed by atoms with Crippen molar-refractivity contribution in [3.8, 4) is 17.2 Å². The maximum absolute atomic E-state index is 12.6. The summed E-state index contributed by atoms with van der Waals surface area (Å²) in [5.74, 6) is 4.27. The van der Waals surface area contributed by atoms with Crippen LogP contribution in [0.2, 0.25) is 0 Å². The van der Waals surface area contributed by atoms with Gasteiger partial charge in [-0.2, -0.15) is 0 Å². The van der Waals surface area contributed by atoms with Crippen LogP contribution in [0.25, 0.3) is 0 Å². The van der Waals surface area contributed by atoms with Gasteiger partial charge in [-0.05, 0) is 72.0 Å². The summed E-state index contributed by atoms with van der Waals surface area (Å²) in [7, 11) is 1.61. The van der Waals surface area contributed by atoms with Crippen LogP contribution < -0.4 is 14.8 Å². The molecule has 0 aromatic heterocycles. The van der Waals surface area contributed by atoms with E-state index in [1.807, 2.05) is 84.2 Å². The molecule has 4 rings (SSSR count). The number of para-hydroxylation sites is 2. The van der Waals surface area contributed by atoms with Gasteiger partial charge in [-0.3, -0.25) is 4.79 Å². The fraction of sp³-hybridized carbons (Fsp3) is 0.208. The third-order valence-electron chi connectivity index (χ3n) is 4.68. The third kappa shape index (κ3) is 5.12. The van der Waals surface area contributed by atoms with Crippen molar-refractivity contribution in [2.75, 3.05) is 23.9 Å². The molecule has 1 N–H and O–H groups in total. The van der Waals surface area contributed by atoms with Gasteiger partial charge in [0.25, 0.3) is 5.91 Å². The summed E-state index contributed by atoms with van der Waals surface area (Å²) in [6.07, 6.45) is 1.27. The molecule has 30 heavy (non-hydrogen) atoms. The van der Waals surface area contributed by atoms with Crippen molar-refractivity contribution in [1.82, 2.24) is 0 Å². The fourth-order valence-corrected chi connectivity index (χ4v) is 6.01. The molecule has 0 aliphatic carbocycles. The van der Waals surface area contributed by atoms with E-state index < -0.39 is 0 Å². The molecule has 4 nitrogen and oxygen atoms in total. The van der Waals surface area contributed by atoms with E-state index in [0.717, 1.165) is 5.69 Å². The Balaban J connectivity index is 1.37. The normalized spacial score (nSPS) is 14.2. The van der Waals surface area contributed by atoms with E-state index in [1.54, 1.807) is 7.11 Å². The van der Waals surface area contributed by atoms with Gasteiger partial charge in [-0.1, -0.05) is 24.3 Å². The number of thioether (sulfide) groups is 2. The summed E-state index contributed by atoms with van der Waals surface area (Å²) in [5.41, 5.74) is 2.65. The number of hydrogen-bond donors (Lipinski definition) is 1. The zero-order valence-electron chi connectivity index (χ0n) is 16.7. The largest absolute Gasteiger partial charge is 0.493 e. The summed E-state index contributed by atoms with van der Waals surface area (Å²) >= 11 is 3.96. The monoisotopic (exact) mass is 437 g/mol. The molecule has 0 atom stereocenters. The molecule has 3 aromatic rings. The number of methoxy groups -OCH3 is 1. The maximum atomic E-state index is 12.6. The zero-order chi connectivity index (χ0) is 20.8. The van der Waals surface area contributed by atoms with E-state index in [2.05, 4.69) is 17.4 Å². The molecule has 0 spiro atoms. The molecule has 1 aliphatic rings. The Hall–Kier alpha value is -2.57. The molecule has 1 aliphatic heterocycles. The van der Waals surface area contributed by atoms with Crippen molar-refractivity contribution in [2.24, 2.45) is 0 Å². The lowest BCUT2D eigenvalue weighted by molar-refractivity contribution is 0.102. The smallest absolute Gasteiger partial charge is 0.255 e. The number of carbonyl (C=O) groups is 1. The zero-order valence-corrected chi connectivity index (χ0v) is 18.3. The molecule has 0 saturated carbocycles. The van der Waals surface area contributed by atoms with Crippen LogP contribution in [-0.2, 0) is 0 Å². The number of amides is 1. The lowest BCUT2D eigenvalue weighted by atomic mass is 10.1. The Morgan fingerprint density at radius 1 is 0.900 bits per heavy atom. The van der Waals surface area contributed by atoms with E-state index in [1.165, 1.54) is 23.5 Å². The number of anilines is 1. The van der Waals surface area contributed by atoms with E-state index in [4.69, 9.17) is 9.47 Å². The Kier molecular flexibility index (Phi) is 6.87. The van der Waals surface area contributed by atoms with Gasteiger partial charge in [-0.25, -0.2) is 0 Å². The highest BCUT2D eigenvalue weighted by atomic mass is 32.2. The third-order valence-corrected chi connectivity index (χ3v) is 7.70. The predicted octanol–water partition coefficient (Wildman–Crippen LogP) is 6.61. The highest BCUT2D eigenvalue weighted by molar-refractivity contribution is 8.16. The molecule has 1 saturated heterocycles. The Morgan fingerprint density at radius 2 is 1.57 bits per heavy atom. The van der Waals surface area contributed by atoms with Crippen LogP contribution in [0, 0.1) is 0 Å². The van der Waals surface area contributed by atoms with Gasteiger partial charge in [-0.15, -0.1) is 23.5 Å². The summed E-state index contributed by atoms with van der Waals surface area (Å²) in [6, 6.07) is 22.7. The van der Waals surface area contributed by atoms with Crippen molar-refractivity contribution in [3.05, 3.63) is 83.9 Å². The van der Waals surface area contributed by atoms with Crippen molar-refractivity contribution in [3.63, 3.8) is 0 Å². The molecule has 0 radical (unpaired) electrons. The van der Waals surface area contributed by atoms with Crippen LogP contribution in [0.15, 0.2) is 72.8 Å². The van der Waals surface area contributed by atoms with Crippen LogP contribution in [0.5, 0.6) is 17.2 Å². The van der Waals surface area contributed by atoms with Gasteiger partial charge in [0, 0.05) is 11.3 Å². The Morgan fingerprint density at radius 3 is 2.23 bits per heavy atom. The molecule has 1 amide bonds. The first-order chi connectivity index (χ1) is 14.7. The van der Waals surface area contributed by atoms with Gasteiger partial charge in [0.15, 0.2) is 11.5 Å². The van der Waals surface area contributed by atoms with Crippen LogP contribution in [0.1, 0.15) is 26.9 Å². The summed E-state index contributed by atoms with van der Waals surface area (Å²) in [4.78, 5) is 12.6. The van der Waals surface area contributed by atoms with Crippen molar-refractivity contribution in [1.29, 1.82) is 0 Å². The van der Waals surface area contributed by atoms with Gasteiger partial charge < -0.3 is 14.8 Å².